The summed E-state index contributed by atoms with van der Waals surface area (Å²) >= 11 is 1.43. The number of hydrogen-bond donors (Lipinski definition) is 0. The number of hydrogen-bond acceptors (Lipinski definition) is 3. The number of thioether (sulfide) groups is 1. The first-order chi connectivity index (χ1) is 7.07. The molecule has 15 heavy (non-hydrogen) atoms. The lowest BCUT2D eigenvalue weighted by atomic mass is 10.6. The van der Waals surface area contributed by atoms with Crippen molar-refractivity contribution in [2.75, 3.05) is 5.75 Å². The van der Waals surface area contributed by atoms with Gasteiger partial charge in [0.1, 0.15) is 0 Å². The lowest BCUT2D eigenvalue weighted by Crippen LogP contribution is -2.37. The molecule has 0 spiro atoms. The minimum absolute atomic E-state index is 0.229. The molecule has 5 heteroatoms. The van der Waals surface area contributed by atoms with Crippen LogP contribution >= 0.6 is 11.8 Å². The molecule has 0 N–H and O–H groups in total. The maximum atomic E-state index is 11.6. The van der Waals surface area contributed by atoms with Gasteiger partial charge >= 0.3 is 5.69 Å². The van der Waals surface area contributed by atoms with Gasteiger partial charge in [0.25, 0.3) is 5.56 Å². The van der Waals surface area contributed by atoms with Crippen LogP contribution in [0.3, 0.4) is 0 Å². The molecule has 1 aromatic rings. The summed E-state index contributed by atoms with van der Waals surface area (Å²) in [5.41, 5.74) is -0.525. The third-order valence-electron chi connectivity index (χ3n) is 1.99. The summed E-state index contributed by atoms with van der Waals surface area (Å²) in [4.78, 5) is 23.6. The second-order valence-electron chi connectivity index (χ2n) is 3.13. The van der Waals surface area contributed by atoms with Crippen molar-refractivity contribution in [2.45, 2.75) is 11.8 Å². The van der Waals surface area contributed by atoms with E-state index in [-0.39, 0.29) is 11.2 Å². The fourth-order valence-corrected chi connectivity index (χ4v) is 2.07. The average Bonchev–Trinajstić information content (AvgIpc) is 2.23. The Kier molecular flexibility index (Phi) is 3.96. The molecule has 0 atom stereocenters. The Morgan fingerprint density at radius 2 is 2.07 bits per heavy atom. The lowest BCUT2D eigenvalue weighted by molar-refractivity contribution is 0.662. The van der Waals surface area contributed by atoms with E-state index in [0.29, 0.717) is 4.90 Å². The fraction of sp³-hybridized carbons (Fsp3) is 0.400. The van der Waals surface area contributed by atoms with Gasteiger partial charge in [-0.25, -0.2) is 4.79 Å². The average molecular weight is 226 g/mol. The molecule has 0 saturated carbocycles. The molecular weight excluding hydrogens is 212 g/mol. The maximum absolute atomic E-state index is 11.6. The smallest absolute Gasteiger partial charge is 0.302 e. The van der Waals surface area contributed by atoms with Crippen molar-refractivity contribution >= 4 is 11.8 Å². The van der Waals surface area contributed by atoms with Crippen molar-refractivity contribution in [3.63, 3.8) is 0 Å². The van der Waals surface area contributed by atoms with E-state index < -0.39 is 0 Å². The van der Waals surface area contributed by atoms with Gasteiger partial charge in [-0.1, -0.05) is 12.2 Å². The highest BCUT2D eigenvalue weighted by Gasteiger charge is 2.05. The predicted molar refractivity (Wildman–Crippen MR) is 62.5 cm³/mol. The molecule has 82 valence electrons. The van der Waals surface area contributed by atoms with Gasteiger partial charge in [-0.15, -0.1) is 11.8 Å². The Morgan fingerprint density at radius 3 is 2.67 bits per heavy atom. The van der Waals surface area contributed by atoms with Crippen LogP contribution in [-0.4, -0.2) is 14.9 Å². The van der Waals surface area contributed by atoms with E-state index in [4.69, 9.17) is 0 Å². The SMILES string of the molecule is CC=CCSc1cn(C)c(=O)n(C)c1=O. The molecule has 0 fully saturated rings. The maximum Gasteiger partial charge on any atom is 0.330 e. The van der Waals surface area contributed by atoms with E-state index in [1.165, 1.54) is 23.4 Å². The summed E-state index contributed by atoms with van der Waals surface area (Å²) in [6.45, 7) is 1.93. The van der Waals surface area contributed by atoms with Crippen LogP contribution in [0.1, 0.15) is 6.92 Å². The van der Waals surface area contributed by atoms with Gasteiger partial charge in [-0.3, -0.25) is 9.36 Å². The highest BCUT2D eigenvalue weighted by molar-refractivity contribution is 7.99. The van der Waals surface area contributed by atoms with Gasteiger partial charge in [-0.05, 0) is 6.92 Å². The third kappa shape index (κ3) is 2.62. The molecule has 4 nitrogen and oxygen atoms in total. The quantitative estimate of drug-likeness (QED) is 0.564. The van der Waals surface area contributed by atoms with E-state index in [1.807, 2.05) is 19.1 Å². The van der Waals surface area contributed by atoms with Crippen LogP contribution < -0.4 is 11.2 Å². The van der Waals surface area contributed by atoms with Crippen molar-refractivity contribution in [2.24, 2.45) is 14.1 Å². The Morgan fingerprint density at radius 1 is 1.40 bits per heavy atom. The first-order valence-corrected chi connectivity index (χ1v) is 5.57. The zero-order valence-electron chi connectivity index (χ0n) is 9.06. The van der Waals surface area contributed by atoms with Gasteiger partial charge in [0.2, 0.25) is 0 Å². The van der Waals surface area contributed by atoms with Crippen LogP contribution in [-0.2, 0) is 14.1 Å². The van der Waals surface area contributed by atoms with Crippen molar-refractivity contribution in [1.29, 1.82) is 0 Å². The van der Waals surface area contributed by atoms with E-state index in [2.05, 4.69) is 0 Å². The van der Waals surface area contributed by atoms with Crippen molar-refractivity contribution in [3.8, 4) is 0 Å². The summed E-state index contributed by atoms with van der Waals surface area (Å²) in [7, 11) is 3.13. The predicted octanol–water partition coefficient (Wildman–Crippen LogP) is 0.752. The Balaban J connectivity index is 3.10. The van der Waals surface area contributed by atoms with Crippen LogP contribution in [0.4, 0.5) is 0 Å². The number of rotatable bonds is 3. The standard InChI is InChI=1S/C10H14N2O2S/c1-4-5-6-15-8-7-11(2)10(14)12(3)9(8)13/h4-5,7H,6H2,1-3H3. The molecule has 0 aliphatic carbocycles. The van der Waals surface area contributed by atoms with Crippen molar-refractivity contribution in [1.82, 2.24) is 9.13 Å². The van der Waals surface area contributed by atoms with Crippen LogP contribution in [0, 0.1) is 0 Å². The Labute approximate surface area is 92.2 Å². The summed E-state index contributed by atoms with van der Waals surface area (Å²) < 4.78 is 2.54. The van der Waals surface area contributed by atoms with E-state index in [0.717, 1.165) is 10.3 Å². The molecule has 0 radical (unpaired) electrons. The van der Waals surface area contributed by atoms with Gasteiger partial charge in [0.15, 0.2) is 0 Å². The summed E-state index contributed by atoms with van der Waals surface area (Å²) in [5, 5.41) is 0. The molecule has 0 bridgehead atoms. The second-order valence-corrected chi connectivity index (χ2v) is 4.19. The largest absolute Gasteiger partial charge is 0.330 e. The number of nitrogens with zero attached hydrogens (tertiary/aromatic N) is 2. The summed E-state index contributed by atoms with van der Waals surface area (Å²) in [5.74, 6) is 0.740. The molecule has 0 saturated heterocycles. The second kappa shape index (κ2) is 5.02. The third-order valence-corrected chi connectivity index (χ3v) is 2.94. The number of allylic oxidation sites excluding steroid dienone is 1. The first kappa shape index (κ1) is 11.8. The monoisotopic (exact) mass is 226 g/mol. The van der Waals surface area contributed by atoms with Crippen LogP contribution in [0.5, 0.6) is 0 Å². The molecule has 0 unspecified atom stereocenters. The number of aryl methyl sites for hydroxylation is 1. The Hall–Kier alpha value is -1.23. The molecule has 1 aromatic heterocycles. The summed E-state index contributed by atoms with van der Waals surface area (Å²) in [6, 6.07) is 0. The van der Waals surface area contributed by atoms with E-state index in [1.54, 1.807) is 13.2 Å². The van der Waals surface area contributed by atoms with Gasteiger partial charge in [-0.2, -0.15) is 0 Å². The molecule has 0 aliphatic rings. The Bertz CT molecular complexity index is 485. The molecule has 0 aromatic carbocycles. The van der Waals surface area contributed by atoms with Crippen LogP contribution in [0.15, 0.2) is 32.8 Å². The zero-order valence-corrected chi connectivity index (χ0v) is 9.87. The highest BCUT2D eigenvalue weighted by atomic mass is 32.2. The molecular formula is C10H14N2O2S. The molecule has 1 rings (SSSR count). The molecule has 1 heterocycles. The van der Waals surface area contributed by atoms with Gasteiger partial charge in [0, 0.05) is 26.0 Å². The zero-order chi connectivity index (χ0) is 11.4. The fourth-order valence-electron chi connectivity index (χ4n) is 1.11. The van der Waals surface area contributed by atoms with E-state index in [9.17, 15) is 9.59 Å². The molecule has 0 amide bonds. The highest BCUT2D eigenvalue weighted by Crippen LogP contribution is 2.11. The molecule has 0 aliphatic heterocycles. The van der Waals surface area contributed by atoms with Crippen molar-refractivity contribution < 1.29 is 0 Å². The topological polar surface area (TPSA) is 44.0 Å². The normalized spacial score (nSPS) is 11.1. The lowest BCUT2D eigenvalue weighted by Gasteiger charge is -2.04. The first-order valence-electron chi connectivity index (χ1n) is 4.58. The summed E-state index contributed by atoms with van der Waals surface area (Å²) in [6.07, 6.45) is 5.48. The minimum atomic E-state index is -0.296. The van der Waals surface area contributed by atoms with Crippen LogP contribution in [0.25, 0.3) is 0 Å². The van der Waals surface area contributed by atoms with Gasteiger partial charge in [0.05, 0.1) is 4.90 Å². The van der Waals surface area contributed by atoms with E-state index >= 15 is 0 Å². The minimum Gasteiger partial charge on any atom is -0.302 e. The van der Waals surface area contributed by atoms with Gasteiger partial charge < -0.3 is 4.57 Å². The number of aromatic nitrogens is 2. The van der Waals surface area contributed by atoms with Crippen molar-refractivity contribution in [3.05, 3.63) is 39.2 Å². The van der Waals surface area contributed by atoms with Crippen LogP contribution in [0.2, 0.25) is 0 Å².